The summed E-state index contributed by atoms with van der Waals surface area (Å²) in [6.45, 7) is 0. The van der Waals surface area contributed by atoms with E-state index in [1.54, 1.807) is 6.07 Å². The highest BCUT2D eigenvalue weighted by molar-refractivity contribution is 7.84. The second-order valence-corrected chi connectivity index (χ2v) is 6.04. The van der Waals surface area contributed by atoms with E-state index < -0.39 is 21.5 Å². The molecule has 0 radical (unpaired) electrons. The highest BCUT2D eigenvalue weighted by atomic mass is 35.5. The Labute approximate surface area is 127 Å². The number of halogens is 2. The second kappa shape index (κ2) is 6.19. The summed E-state index contributed by atoms with van der Waals surface area (Å²) in [6, 6.07) is 7.50. The summed E-state index contributed by atoms with van der Waals surface area (Å²) in [4.78, 5) is 10.5. The Morgan fingerprint density at radius 2 is 2.00 bits per heavy atom. The topological polar surface area (TPSA) is 86.2 Å². The van der Waals surface area contributed by atoms with Crippen molar-refractivity contribution in [2.75, 3.05) is 5.73 Å². The molecule has 0 aliphatic carbocycles. The summed E-state index contributed by atoms with van der Waals surface area (Å²) in [5, 5.41) is 11.1. The summed E-state index contributed by atoms with van der Waals surface area (Å²) in [6.07, 6.45) is 0. The number of hydrogen-bond donors (Lipinski definition) is 1. The van der Waals surface area contributed by atoms with E-state index >= 15 is 0 Å². The Kier molecular flexibility index (Phi) is 4.54. The van der Waals surface area contributed by atoms with Gasteiger partial charge in [0.15, 0.2) is 0 Å². The van der Waals surface area contributed by atoms with Crippen LogP contribution in [0.4, 0.5) is 15.8 Å². The highest BCUT2D eigenvalue weighted by Gasteiger charge is 2.18. The highest BCUT2D eigenvalue weighted by Crippen LogP contribution is 2.27. The first kappa shape index (κ1) is 15.4. The molecule has 0 heterocycles. The molecular formula is C13H10ClFN2O3S. The van der Waals surface area contributed by atoms with Crippen molar-refractivity contribution in [2.45, 2.75) is 10.6 Å². The van der Waals surface area contributed by atoms with Gasteiger partial charge in [-0.3, -0.25) is 14.3 Å². The first-order valence-electron chi connectivity index (χ1n) is 5.74. The molecule has 0 saturated carbocycles. The smallest absolute Gasteiger partial charge is 0.273 e. The van der Waals surface area contributed by atoms with E-state index in [1.165, 1.54) is 12.1 Å². The first-order chi connectivity index (χ1) is 9.88. The molecule has 0 fully saturated rings. The summed E-state index contributed by atoms with van der Waals surface area (Å²) >= 11 is 5.93. The molecule has 110 valence electrons. The lowest BCUT2D eigenvalue weighted by atomic mass is 10.2. The Hall–Kier alpha value is -1.99. The fourth-order valence-electron chi connectivity index (χ4n) is 1.76. The van der Waals surface area contributed by atoms with Gasteiger partial charge in [-0.1, -0.05) is 11.6 Å². The van der Waals surface area contributed by atoms with Crippen molar-refractivity contribution in [3.05, 3.63) is 62.9 Å². The summed E-state index contributed by atoms with van der Waals surface area (Å²) in [5.41, 5.74) is 5.72. The average molecular weight is 329 g/mol. The summed E-state index contributed by atoms with van der Waals surface area (Å²) in [7, 11) is -1.67. The van der Waals surface area contributed by atoms with E-state index in [4.69, 9.17) is 17.3 Å². The average Bonchev–Trinajstić information content (AvgIpc) is 2.41. The van der Waals surface area contributed by atoms with E-state index in [0.717, 1.165) is 18.2 Å². The molecule has 0 aromatic heterocycles. The maximum atomic E-state index is 13.2. The third kappa shape index (κ3) is 3.56. The fraction of sp³-hybridized carbons (Fsp3) is 0.0769. The minimum atomic E-state index is -1.67. The van der Waals surface area contributed by atoms with Crippen molar-refractivity contribution in [3.63, 3.8) is 0 Å². The number of hydrogen-bond acceptors (Lipinski definition) is 4. The van der Waals surface area contributed by atoms with Crippen LogP contribution in [0.3, 0.4) is 0 Å². The van der Waals surface area contributed by atoms with Crippen LogP contribution in [0, 0.1) is 15.9 Å². The van der Waals surface area contributed by atoms with Gasteiger partial charge in [-0.25, -0.2) is 4.39 Å². The van der Waals surface area contributed by atoms with Gasteiger partial charge in [0.05, 0.1) is 31.4 Å². The van der Waals surface area contributed by atoms with Gasteiger partial charge in [-0.05, 0) is 30.3 Å². The minimum absolute atomic E-state index is 0.0387. The van der Waals surface area contributed by atoms with Gasteiger partial charge in [-0.2, -0.15) is 0 Å². The lowest BCUT2D eigenvalue weighted by Gasteiger charge is -2.07. The Balaban J connectivity index is 2.38. The molecule has 8 heteroatoms. The van der Waals surface area contributed by atoms with Gasteiger partial charge in [0.25, 0.3) is 5.69 Å². The van der Waals surface area contributed by atoms with Crippen molar-refractivity contribution in [3.8, 4) is 0 Å². The molecule has 2 aromatic rings. The first-order valence-corrected chi connectivity index (χ1v) is 7.44. The maximum Gasteiger partial charge on any atom is 0.273 e. The third-order valence-electron chi connectivity index (χ3n) is 2.73. The number of nitrogens with two attached hydrogens (primary N) is 1. The Bertz CT molecular complexity index is 739. The van der Waals surface area contributed by atoms with Gasteiger partial charge >= 0.3 is 0 Å². The van der Waals surface area contributed by atoms with E-state index in [-0.39, 0.29) is 26.9 Å². The van der Waals surface area contributed by atoms with Gasteiger partial charge in [0.1, 0.15) is 5.82 Å². The maximum absolute atomic E-state index is 13.2. The van der Waals surface area contributed by atoms with Crippen molar-refractivity contribution in [1.82, 2.24) is 0 Å². The minimum Gasteiger partial charge on any atom is -0.399 e. The standard InChI is InChI=1S/C13H10ClFN2O3S/c14-11-3-2-10(16)6-13(11)21(20)7-8-5-9(15)1-4-12(8)17(18)19/h1-6H,7,16H2. The van der Waals surface area contributed by atoms with Crippen LogP contribution in [0.25, 0.3) is 0 Å². The lowest BCUT2D eigenvalue weighted by molar-refractivity contribution is -0.385. The van der Waals surface area contributed by atoms with Crippen LogP contribution >= 0.6 is 11.6 Å². The third-order valence-corrected chi connectivity index (χ3v) is 4.57. The normalized spacial score (nSPS) is 12.1. The lowest BCUT2D eigenvalue weighted by Crippen LogP contribution is -2.02. The number of rotatable bonds is 4. The molecule has 21 heavy (non-hydrogen) atoms. The van der Waals surface area contributed by atoms with Crippen molar-refractivity contribution in [2.24, 2.45) is 0 Å². The molecule has 2 rings (SSSR count). The molecule has 0 aliphatic rings. The second-order valence-electron chi connectivity index (χ2n) is 4.21. The number of nitrogen functional groups attached to an aromatic ring is 1. The number of nitro benzene ring substituents is 1. The Morgan fingerprint density at radius 3 is 2.67 bits per heavy atom. The molecule has 0 saturated heterocycles. The van der Waals surface area contributed by atoms with Crippen LogP contribution < -0.4 is 5.73 Å². The van der Waals surface area contributed by atoms with Gasteiger partial charge in [0.2, 0.25) is 0 Å². The van der Waals surface area contributed by atoms with Crippen LogP contribution in [-0.2, 0) is 16.6 Å². The molecule has 1 unspecified atom stereocenters. The number of nitro groups is 1. The molecule has 2 aromatic carbocycles. The molecule has 0 spiro atoms. The molecule has 0 aliphatic heterocycles. The SMILES string of the molecule is Nc1ccc(Cl)c(S(=O)Cc2cc(F)ccc2[N+](=O)[O-])c1. The monoisotopic (exact) mass is 328 g/mol. The largest absolute Gasteiger partial charge is 0.399 e. The van der Waals surface area contributed by atoms with Crippen LogP contribution in [0.15, 0.2) is 41.3 Å². The van der Waals surface area contributed by atoms with E-state index in [1.807, 2.05) is 0 Å². The molecular weight excluding hydrogens is 319 g/mol. The van der Waals surface area contributed by atoms with Crippen LogP contribution in [-0.4, -0.2) is 9.13 Å². The van der Waals surface area contributed by atoms with Gasteiger partial charge in [-0.15, -0.1) is 0 Å². The van der Waals surface area contributed by atoms with Crippen LogP contribution in [0.1, 0.15) is 5.56 Å². The van der Waals surface area contributed by atoms with Crippen molar-refractivity contribution in [1.29, 1.82) is 0 Å². The zero-order valence-corrected chi connectivity index (χ0v) is 12.2. The number of nitrogens with zero attached hydrogens (tertiary/aromatic N) is 1. The summed E-state index contributed by atoms with van der Waals surface area (Å²) in [5.74, 6) is -0.858. The predicted octanol–water partition coefficient (Wildman–Crippen LogP) is 3.28. The van der Waals surface area contributed by atoms with E-state index in [0.29, 0.717) is 5.69 Å². The van der Waals surface area contributed by atoms with Crippen molar-refractivity contribution >= 4 is 33.8 Å². The van der Waals surface area contributed by atoms with Gasteiger partial charge in [0, 0.05) is 17.3 Å². The van der Waals surface area contributed by atoms with Gasteiger partial charge < -0.3 is 5.73 Å². The zero-order chi connectivity index (χ0) is 15.6. The van der Waals surface area contributed by atoms with Crippen molar-refractivity contribution < 1.29 is 13.5 Å². The summed E-state index contributed by atoms with van der Waals surface area (Å²) < 4.78 is 25.5. The fourth-order valence-corrected chi connectivity index (χ4v) is 3.36. The Morgan fingerprint density at radius 1 is 1.29 bits per heavy atom. The zero-order valence-electron chi connectivity index (χ0n) is 10.6. The molecule has 0 amide bonds. The van der Waals surface area contributed by atoms with Crippen LogP contribution in [0.2, 0.25) is 5.02 Å². The predicted molar refractivity (Wildman–Crippen MR) is 79.0 cm³/mol. The number of anilines is 1. The quantitative estimate of drug-likeness (QED) is 0.530. The van der Waals surface area contributed by atoms with E-state index in [9.17, 15) is 18.7 Å². The number of benzene rings is 2. The molecule has 1 atom stereocenters. The van der Waals surface area contributed by atoms with E-state index in [2.05, 4.69) is 0 Å². The van der Waals surface area contributed by atoms with Crippen LogP contribution in [0.5, 0.6) is 0 Å². The molecule has 0 bridgehead atoms. The molecule has 5 nitrogen and oxygen atoms in total. The molecule has 2 N–H and O–H groups in total.